The second kappa shape index (κ2) is 7.52. The summed E-state index contributed by atoms with van der Waals surface area (Å²) in [6.45, 7) is 0.356. The van der Waals surface area contributed by atoms with Crippen LogP contribution in [0.25, 0.3) is 17.1 Å². The van der Waals surface area contributed by atoms with Crippen molar-refractivity contribution in [1.82, 2.24) is 14.7 Å². The Balaban J connectivity index is 1.68. The van der Waals surface area contributed by atoms with Crippen LogP contribution in [-0.4, -0.2) is 27.6 Å². The normalized spacial score (nSPS) is 10.8. The van der Waals surface area contributed by atoms with E-state index in [1.165, 1.54) is 12.1 Å². The Morgan fingerprint density at radius 2 is 1.82 bits per heavy atom. The highest BCUT2D eigenvalue weighted by molar-refractivity contribution is 5.94. The summed E-state index contributed by atoms with van der Waals surface area (Å²) in [4.78, 5) is 14.7. The van der Waals surface area contributed by atoms with Gasteiger partial charge in [0.2, 0.25) is 0 Å². The summed E-state index contributed by atoms with van der Waals surface area (Å²) in [7, 11) is 1.71. The number of para-hydroxylation sites is 1. The summed E-state index contributed by atoms with van der Waals surface area (Å²) in [6.07, 6.45) is 1.57. The van der Waals surface area contributed by atoms with Crippen molar-refractivity contribution in [2.45, 2.75) is 6.54 Å². The molecule has 0 unspecified atom stereocenters. The molecule has 4 aromatic rings. The fraction of sp³-hybridized carbons (Fsp3) is 0.0909. The zero-order chi connectivity index (χ0) is 19.5. The second-order valence-corrected chi connectivity index (χ2v) is 6.43. The highest BCUT2D eigenvalue weighted by atomic mass is 19.1. The largest absolute Gasteiger partial charge is 0.463 e. The van der Waals surface area contributed by atoms with Gasteiger partial charge in [0.05, 0.1) is 12.0 Å². The van der Waals surface area contributed by atoms with Crippen LogP contribution in [0.4, 0.5) is 4.39 Å². The maximum atomic E-state index is 13.2. The van der Waals surface area contributed by atoms with Crippen LogP contribution in [0.5, 0.6) is 0 Å². The topological polar surface area (TPSA) is 51.3 Å². The van der Waals surface area contributed by atoms with E-state index in [9.17, 15) is 9.18 Å². The predicted molar refractivity (Wildman–Crippen MR) is 103 cm³/mol. The molecule has 0 bridgehead atoms. The van der Waals surface area contributed by atoms with Crippen LogP contribution in [0.2, 0.25) is 0 Å². The lowest BCUT2D eigenvalue weighted by Gasteiger charge is -2.18. The van der Waals surface area contributed by atoms with E-state index < -0.39 is 0 Å². The Morgan fingerprint density at radius 1 is 1.07 bits per heavy atom. The van der Waals surface area contributed by atoms with Crippen molar-refractivity contribution in [2.75, 3.05) is 7.05 Å². The number of nitrogens with zero attached hydrogens (tertiary/aromatic N) is 3. The lowest BCUT2D eigenvalue weighted by atomic mass is 10.2. The van der Waals surface area contributed by atoms with Gasteiger partial charge in [0.15, 0.2) is 5.76 Å². The second-order valence-electron chi connectivity index (χ2n) is 6.43. The van der Waals surface area contributed by atoms with Crippen LogP contribution in [0.1, 0.15) is 16.1 Å². The molecule has 6 heteroatoms. The lowest BCUT2D eigenvalue weighted by Crippen LogP contribution is -2.28. The smallest absolute Gasteiger partial charge is 0.272 e. The molecule has 0 aliphatic rings. The van der Waals surface area contributed by atoms with Gasteiger partial charge in [-0.1, -0.05) is 30.3 Å². The van der Waals surface area contributed by atoms with Gasteiger partial charge >= 0.3 is 0 Å². The molecule has 0 aliphatic heterocycles. The molecule has 0 radical (unpaired) electrons. The molecular weight excluding hydrogens is 357 g/mol. The molecule has 0 atom stereocenters. The number of halogens is 1. The number of carbonyl (C=O) groups excluding carboxylic acids is 1. The van der Waals surface area contributed by atoms with E-state index in [2.05, 4.69) is 5.10 Å². The average Bonchev–Trinajstić information content (AvgIpc) is 3.39. The molecule has 2 heterocycles. The SMILES string of the molecule is CN(Cc1ccc(F)cc1)C(=O)c1cc(-c2ccco2)nn1-c1ccccc1. The number of furan rings is 1. The van der Waals surface area contributed by atoms with Gasteiger partial charge in [-0.05, 0) is 42.0 Å². The number of hydrogen-bond acceptors (Lipinski definition) is 3. The summed E-state index contributed by atoms with van der Waals surface area (Å²) in [5, 5.41) is 4.57. The molecule has 1 amide bonds. The van der Waals surface area contributed by atoms with Crippen LogP contribution in [0.3, 0.4) is 0 Å². The third-order valence-corrected chi connectivity index (χ3v) is 4.38. The predicted octanol–water partition coefficient (Wildman–Crippen LogP) is 4.54. The first-order chi connectivity index (χ1) is 13.6. The van der Waals surface area contributed by atoms with E-state index in [0.717, 1.165) is 11.3 Å². The summed E-state index contributed by atoms with van der Waals surface area (Å²) >= 11 is 0. The van der Waals surface area contributed by atoms with Crippen molar-refractivity contribution in [3.8, 4) is 17.1 Å². The third kappa shape index (κ3) is 3.57. The van der Waals surface area contributed by atoms with Crippen LogP contribution in [0, 0.1) is 5.82 Å². The van der Waals surface area contributed by atoms with Crippen molar-refractivity contribution < 1.29 is 13.6 Å². The Labute approximate surface area is 161 Å². The van der Waals surface area contributed by atoms with Crippen molar-refractivity contribution >= 4 is 5.91 Å². The van der Waals surface area contributed by atoms with Gasteiger partial charge in [-0.25, -0.2) is 9.07 Å². The molecule has 0 fully saturated rings. The number of carbonyl (C=O) groups is 1. The van der Waals surface area contributed by atoms with Crippen LogP contribution in [-0.2, 0) is 6.54 Å². The van der Waals surface area contributed by atoms with Gasteiger partial charge in [-0.15, -0.1) is 0 Å². The molecule has 2 aromatic carbocycles. The minimum Gasteiger partial charge on any atom is -0.463 e. The number of aromatic nitrogens is 2. The molecule has 0 saturated heterocycles. The van der Waals surface area contributed by atoms with Gasteiger partial charge in [-0.3, -0.25) is 4.79 Å². The van der Waals surface area contributed by atoms with E-state index in [4.69, 9.17) is 4.42 Å². The fourth-order valence-electron chi connectivity index (χ4n) is 2.98. The van der Waals surface area contributed by atoms with Crippen LogP contribution >= 0.6 is 0 Å². The Bertz CT molecular complexity index is 1070. The quantitative estimate of drug-likeness (QED) is 0.514. The average molecular weight is 375 g/mol. The Morgan fingerprint density at radius 3 is 2.50 bits per heavy atom. The number of rotatable bonds is 5. The molecule has 0 aliphatic carbocycles. The number of amides is 1. The highest BCUT2D eigenvalue weighted by Gasteiger charge is 2.21. The Hall–Kier alpha value is -3.67. The van der Waals surface area contributed by atoms with Gasteiger partial charge < -0.3 is 9.32 Å². The molecule has 0 N–H and O–H groups in total. The highest BCUT2D eigenvalue weighted by Crippen LogP contribution is 2.23. The van der Waals surface area contributed by atoms with Crippen molar-refractivity contribution in [1.29, 1.82) is 0 Å². The fourth-order valence-corrected chi connectivity index (χ4v) is 2.98. The summed E-state index contributed by atoms with van der Waals surface area (Å²) in [5.41, 5.74) is 2.61. The molecule has 28 heavy (non-hydrogen) atoms. The van der Waals surface area contributed by atoms with Crippen molar-refractivity contribution in [2.24, 2.45) is 0 Å². The molecule has 0 spiro atoms. The molecule has 2 aromatic heterocycles. The Kier molecular flexibility index (Phi) is 4.76. The van der Waals surface area contributed by atoms with Crippen molar-refractivity contribution in [3.63, 3.8) is 0 Å². The maximum absolute atomic E-state index is 13.2. The van der Waals surface area contributed by atoms with Crippen molar-refractivity contribution in [3.05, 3.63) is 96.1 Å². The van der Waals surface area contributed by atoms with Gasteiger partial charge in [0.25, 0.3) is 5.91 Å². The first-order valence-electron chi connectivity index (χ1n) is 8.81. The number of benzene rings is 2. The van der Waals surface area contributed by atoms with Gasteiger partial charge in [0.1, 0.15) is 17.2 Å². The zero-order valence-corrected chi connectivity index (χ0v) is 15.2. The van der Waals surface area contributed by atoms with E-state index >= 15 is 0 Å². The number of hydrogen-bond donors (Lipinski definition) is 0. The van der Waals surface area contributed by atoms with Gasteiger partial charge in [-0.2, -0.15) is 5.10 Å². The van der Waals surface area contributed by atoms with Crippen LogP contribution in [0.15, 0.2) is 83.5 Å². The van der Waals surface area contributed by atoms with E-state index in [1.54, 1.807) is 53.2 Å². The minimum atomic E-state index is -0.303. The minimum absolute atomic E-state index is 0.196. The molecule has 5 nitrogen and oxygen atoms in total. The summed E-state index contributed by atoms with van der Waals surface area (Å²) in [6, 6.07) is 20.9. The standard InChI is InChI=1S/C22H18FN3O2/c1-25(15-16-9-11-17(23)12-10-16)22(27)20-14-19(21-8-5-13-28-21)24-26(20)18-6-3-2-4-7-18/h2-14H,15H2,1H3. The molecule has 140 valence electrons. The molecule has 4 rings (SSSR count). The summed E-state index contributed by atoms with van der Waals surface area (Å²) in [5.74, 6) is 0.0892. The summed E-state index contributed by atoms with van der Waals surface area (Å²) < 4.78 is 20.2. The lowest BCUT2D eigenvalue weighted by molar-refractivity contribution is 0.0776. The van der Waals surface area contributed by atoms with E-state index in [-0.39, 0.29) is 11.7 Å². The monoisotopic (exact) mass is 375 g/mol. The maximum Gasteiger partial charge on any atom is 0.272 e. The zero-order valence-electron chi connectivity index (χ0n) is 15.2. The molecule has 0 saturated carbocycles. The van der Waals surface area contributed by atoms with E-state index in [1.807, 2.05) is 30.3 Å². The van der Waals surface area contributed by atoms with Crippen LogP contribution < -0.4 is 0 Å². The first-order valence-corrected chi connectivity index (χ1v) is 8.81. The first kappa shape index (κ1) is 17.7. The third-order valence-electron chi connectivity index (χ3n) is 4.38. The van der Waals surface area contributed by atoms with Gasteiger partial charge in [0, 0.05) is 19.7 Å². The van der Waals surface area contributed by atoms with E-state index in [0.29, 0.717) is 23.7 Å². The molecular formula is C22H18FN3O2.